The molecule has 1 atom stereocenters. The van der Waals surface area contributed by atoms with Crippen LogP contribution in [0.15, 0.2) is 36.4 Å². The predicted molar refractivity (Wildman–Crippen MR) is 87.5 cm³/mol. The number of nitrogens with one attached hydrogen (secondary N) is 3. The highest BCUT2D eigenvalue weighted by molar-refractivity contribution is 5.90. The first kappa shape index (κ1) is 15.1. The van der Waals surface area contributed by atoms with Crippen molar-refractivity contribution >= 4 is 22.7 Å². The second-order valence-electron chi connectivity index (χ2n) is 5.45. The van der Waals surface area contributed by atoms with E-state index in [0.29, 0.717) is 19.5 Å². The molecule has 0 aliphatic carbocycles. The van der Waals surface area contributed by atoms with Crippen molar-refractivity contribution in [2.75, 3.05) is 20.2 Å². The molecule has 0 bridgehead atoms. The summed E-state index contributed by atoms with van der Waals surface area (Å²) < 4.78 is 5.28. The summed E-state index contributed by atoms with van der Waals surface area (Å²) in [6, 6.07) is 11.3. The van der Waals surface area contributed by atoms with Gasteiger partial charge in [0.15, 0.2) is 0 Å². The molecule has 0 saturated carbocycles. The van der Waals surface area contributed by atoms with Crippen LogP contribution in [0.25, 0.3) is 10.8 Å². The maximum atomic E-state index is 12.0. The van der Waals surface area contributed by atoms with Gasteiger partial charge in [0.1, 0.15) is 11.8 Å². The van der Waals surface area contributed by atoms with Gasteiger partial charge in [0, 0.05) is 13.1 Å². The number of ether oxygens (including phenoxy) is 1. The van der Waals surface area contributed by atoms with Crippen molar-refractivity contribution in [3.63, 3.8) is 0 Å². The summed E-state index contributed by atoms with van der Waals surface area (Å²) in [6.07, 6.45) is 0.713. The Kier molecular flexibility index (Phi) is 4.32. The maximum Gasteiger partial charge on any atom is 0.315 e. The van der Waals surface area contributed by atoms with Crippen LogP contribution in [0.5, 0.6) is 5.75 Å². The molecule has 1 saturated heterocycles. The highest BCUT2D eigenvalue weighted by atomic mass is 16.5. The fourth-order valence-corrected chi connectivity index (χ4v) is 2.72. The fraction of sp³-hybridized carbons (Fsp3) is 0.294. The van der Waals surface area contributed by atoms with Crippen LogP contribution in [0.1, 0.15) is 5.56 Å². The normalized spacial score (nSPS) is 16.7. The second kappa shape index (κ2) is 6.56. The van der Waals surface area contributed by atoms with Gasteiger partial charge in [0.25, 0.3) is 0 Å². The molecule has 3 N–H and O–H groups in total. The summed E-state index contributed by atoms with van der Waals surface area (Å²) in [7, 11) is 1.65. The summed E-state index contributed by atoms with van der Waals surface area (Å²) >= 11 is 0. The third kappa shape index (κ3) is 3.36. The molecule has 3 rings (SSSR count). The van der Waals surface area contributed by atoms with E-state index in [-0.39, 0.29) is 11.9 Å². The number of carbonyl (C=O) groups excluding carboxylic acids is 2. The highest BCUT2D eigenvalue weighted by Gasteiger charge is 2.26. The molecule has 1 fully saturated rings. The van der Waals surface area contributed by atoms with Gasteiger partial charge < -0.3 is 20.7 Å². The number of methoxy groups -OCH3 is 1. The van der Waals surface area contributed by atoms with Crippen LogP contribution in [0.4, 0.5) is 4.79 Å². The molecular weight excluding hydrogens is 294 g/mol. The van der Waals surface area contributed by atoms with Crippen LogP contribution >= 0.6 is 0 Å². The minimum absolute atomic E-state index is 0.166. The lowest BCUT2D eigenvalue weighted by Gasteiger charge is -2.11. The van der Waals surface area contributed by atoms with Gasteiger partial charge in [0.05, 0.1) is 7.11 Å². The van der Waals surface area contributed by atoms with Gasteiger partial charge in [0.2, 0.25) is 5.91 Å². The van der Waals surface area contributed by atoms with Crippen molar-refractivity contribution in [3.05, 3.63) is 42.0 Å². The molecule has 23 heavy (non-hydrogen) atoms. The van der Waals surface area contributed by atoms with Crippen LogP contribution < -0.4 is 20.7 Å². The lowest BCUT2D eigenvalue weighted by atomic mass is 10.0. The smallest absolute Gasteiger partial charge is 0.315 e. The summed E-state index contributed by atoms with van der Waals surface area (Å²) in [5, 5.41) is 10.3. The molecule has 1 heterocycles. The van der Waals surface area contributed by atoms with E-state index in [0.717, 1.165) is 22.1 Å². The Bertz CT molecular complexity index is 745. The Hall–Kier alpha value is -2.76. The van der Waals surface area contributed by atoms with Crippen molar-refractivity contribution in [1.29, 1.82) is 0 Å². The summed E-state index contributed by atoms with van der Waals surface area (Å²) in [4.78, 5) is 23.0. The minimum Gasteiger partial charge on any atom is -0.497 e. The molecule has 0 aromatic heterocycles. The predicted octanol–water partition coefficient (Wildman–Crippen LogP) is 1.19. The summed E-state index contributed by atoms with van der Waals surface area (Å²) in [5.41, 5.74) is 1.15. The van der Waals surface area contributed by atoms with Gasteiger partial charge in [-0.1, -0.05) is 24.3 Å². The third-order valence-corrected chi connectivity index (χ3v) is 3.96. The molecule has 0 radical (unpaired) electrons. The topological polar surface area (TPSA) is 79.5 Å². The first-order valence-corrected chi connectivity index (χ1v) is 7.55. The number of urea groups is 1. The number of hydrogen-bond acceptors (Lipinski definition) is 3. The maximum absolute atomic E-state index is 12.0. The summed E-state index contributed by atoms with van der Waals surface area (Å²) in [6.45, 7) is 0.845. The molecule has 3 amide bonds. The largest absolute Gasteiger partial charge is 0.497 e. The molecule has 1 unspecified atom stereocenters. The molecule has 6 nitrogen and oxygen atoms in total. The van der Waals surface area contributed by atoms with Crippen molar-refractivity contribution in [2.45, 2.75) is 12.5 Å². The molecule has 1 aliphatic rings. The quantitative estimate of drug-likeness (QED) is 0.776. The lowest BCUT2D eigenvalue weighted by molar-refractivity contribution is -0.122. The van der Waals surface area contributed by atoms with E-state index >= 15 is 0 Å². The average Bonchev–Trinajstić information content (AvgIpc) is 3.01. The van der Waals surface area contributed by atoms with Gasteiger partial charge in [-0.15, -0.1) is 0 Å². The summed E-state index contributed by atoms with van der Waals surface area (Å²) in [5.74, 6) is 0.648. The van der Waals surface area contributed by atoms with Crippen molar-refractivity contribution < 1.29 is 14.3 Å². The Morgan fingerprint density at radius 3 is 2.96 bits per heavy atom. The van der Waals surface area contributed by atoms with Crippen molar-refractivity contribution in [2.24, 2.45) is 0 Å². The van der Waals surface area contributed by atoms with E-state index in [2.05, 4.69) is 22.0 Å². The van der Waals surface area contributed by atoms with Gasteiger partial charge in [-0.3, -0.25) is 4.79 Å². The number of carbonyl (C=O) groups is 2. The van der Waals surface area contributed by atoms with E-state index in [1.54, 1.807) is 7.11 Å². The third-order valence-electron chi connectivity index (χ3n) is 3.96. The number of fused-ring (bicyclic) bond motifs is 1. The zero-order valence-corrected chi connectivity index (χ0v) is 12.9. The molecule has 6 heteroatoms. The Labute approximate surface area is 134 Å². The second-order valence-corrected chi connectivity index (χ2v) is 5.45. The lowest BCUT2D eigenvalue weighted by Crippen LogP contribution is -2.43. The van der Waals surface area contributed by atoms with Gasteiger partial charge in [-0.25, -0.2) is 4.79 Å². The zero-order chi connectivity index (χ0) is 16.2. The van der Waals surface area contributed by atoms with Crippen LogP contribution in [0.3, 0.4) is 0 Å². The Morgan fingerprint density at radius 1 is 1.35 bits per heavy atom. The van der Waals surface area contributed by atoms with Crippen LogP contribution in [-0.2, 0) is 11.2 Å². The first-order valence-electron chi connectivity index (χ1n) is 7.55. The van der Waals surface area contributed by atoms with Crippen LogP contribution in [-0.4, -0.2) is 38.2 Å². The molecular formula is C17H19N3O3. The SMILES string of the molecule is COc1ccc2cccc(CCNC(=O)C3CNC(=O)N3)c2c1. The van der Waals surface area contributed by atoms with E-state index < -0.39 is 6.04 Å². The van der Waals surface area contributed by atoms with Crippen LogP contribution in [0, 0.1) is 0 Å². The standard InChI is InChI=1S/C17H19N3O3/c1-23-13-6-5-11-3-2-4-12(14(11)9-13)7-8-18-16(21)15-10-19-17(22)20-15/h2-6,9,15H,7-8,10H2,1H3,(H,18,21)(H2,19,20,22). The number of hydrogen-bond donors (Lipinski definition) is 3. The van der Waals surface area contributed by atoms with E-state index in [4.69, 9.17) is 4.74 Å². The number of benzene rings is 2. The number of amides is 3. The fourth-order valence-electron chi connectivity index (χ4n) is 2.72. The van der Waals surface area contributed by atoms with Crippen LogP contribution in [0.2, 0.25) is 0 Å². The molecule has 1 aliphatic heterocycles. The molecule has 2 aromatic rings. The molecule has 2 aromatic carbocycles. The van der Waals surface area contributed by atoms with Gasteiger partial charge in [-0.05, 0) is 34.9 Å². The molecule has 120 valence electrons. The monoisotopic (exact) mass is 313 g/mol. The number of rotatable bonds is 5. The Morgan fingerprint density at radius 2 is 2.22 bits per heavy atom. The Balaban J connectivity index is 1.65. The van der Waals surface area contributed by atoms with E-state index in [1.807, 2.05) is 30.3 Å². The van der Waals surface area contributed by atoms with E-state index in [9.17, 15) is 9.59 Å². The highest BCUT2D eigenvalue weighted by Crippen LogP contribution is 2.24. The van der Waals surface area contributed by atoms with Crippen molar-refractivity contribution in [1.82, 2.24) is 16.0 Å². The minimum atomic E-state index is -0.491. The first-order chi connectivity index (χ1) is 11.2. The van der Waals surface area contributed by atoms with Crippen molar-refractivity contribution in [3.8, 4) is 5.75 Å². The van der Waals surface area contributed by atoms with Gasteiger partial charge >= 0.3 is 6.03 Å². The van der Waals surface area contributed by atoms with Gasteiger partial charge in [-0.2, -0.15) is 0 Å². The zero-order valence-electron chi connectivity index (χ0n) is 12.9. The van der Waals surface area contributed by atoms with E-state index in [1.165, 1.54) is 0 Å². The average molecular weight is 313 g/mol. The molecule has 0 spiro atoms.